The Morgan fingerprint density at radius 1 is 0.667 bits per heavy atom. The molecule has 2 nitrogen and oxygen atoms in total. The van der Waals surface area contributed by atoms with Gasteiger partial charge in [-0.05, 0) is 219 Å². The Morgan fingerprint density at radius 3 is 2.08 bits per heavy atom. The molecule has 0 aromatic heterocycles. The van der Waals surface area contributed by atoms with Crippen LogP contribution in [-0.2, 0) is 0 Å². The highest BCUT2D eigenvalue weighted by Crippen LogP contribution is 2.77. The molecule has 8 saturated carbocycles. The van der Waals surface area contributed by atoms with Crippen molar-refractivity contribution < 1.29 is 10.2 Å². The lowest BCUT2D eigenvalue weighted by molar-refractivity contribution is -0.246. The van der Waals surface area contributed by atoms with Crippen LogP contribution in [0.25, 0.3) is 0 Å². The van der Waals surface area contributed by atoms with Crippen LogP contribution < -0.4 is 0 Å². The summed E-state index contributed by atoms with van der Waals surface area (Å²) < 4.78 is 0. The van der Waals surface area contributed by atoms with Crippen LogP contribution in [0.3, 0.4) is 0 Å². The lowest BCUT2D eigenvalue weighted by Crippen LogP contribution is -2.66. The fourth-order valence-corrected chi connectivity index (χ4v) is 19.1. The molecule has 9 rings (SSSR count). The van der Waals surface area contributed by atoms with Crippen molar-refractivity contribution in [3.8, 4) is 0 Å². The SMILES string of the molecule is C=C(C)[C@@H]1CC[C@]2(C)CC[C@]3(C)[C@H](CC[C@@H]4[C@@]5(C)CC[C@H](O)C(C)(C)[C@@H]5CC[C@]43C)[C@@H]12.CC(C)[C@@H](C)/C=C/[C@@H](C)[C@H]1CC[C@H]2C3=CC=C4C[C@@H](O)CC[C@]4(C)[C@H]3CC[C@]12C. The fourth-order valence-electron chi connectivity index (χ4n) is 19.1. The van der Waals surface area contributed by atoms with Crippen molar-refractivity contribution in [2.24, 2.45) is 103 Å². The van der Waals surface area contributed by atoms with Crippen molar-refractivity contribution in [2.45, 2.75) is 211 Å². The van der Waals surface area contributed by atoms with Gasteiger partial charge in [0.05, 0.1) is 12.2 Å². The number of allylic oxidation sites excluding steroid dienone is 6. The molecule has 9 aliphatic rings. The molecular formula is C58H94O2. The standard InChI is InChI=1S/C30H50O.C28H44O/c1-19(2)20-11-14-27(5)17-18-29(7)21(25(20)27)9-10-23-28(6)15-13-24(31)26(3,4)22(28)12-16-30(23,29)8;1-18(2)19(3)7-8-20(4)24-11-12-25-23-10-9-21-17-22(29)13-15-27(21,5)26(23)14-16-28(24,25)6/h20-25,31H,1,9-18H2,2-8H3;7-10,18-20,22,24-26,29H,11-17H2,1-6H3/b;8-7+/t20-,21+,22-,23+,24-,25+,27+,28-,29+,30+;19-,20+,22-,24+,25-,26-,27-,28+/m00/s1. The quantitative estimate of drug-likeness (QED) is 0.271. The van der Waals surface area contributed by atoms with Crippen LogP contribution in [0.4, 0.5) is 0 Å². The third-order valence-corrected chi connectivity index (χ3v) is 23.5. The Hall–Kier alpha value is -1.12. The van der Waals surface area contributed by atoms with Crippen molar-refractivity contribution in [1.29, 1.82) is 0 Å². The average Bonchev–Trinajstić information content (AvgIpc) is 3.73. The van der Waals surface area contributed by atoms with Gasteiger partial charge in [0.15, 0.2) is 0 Å². The van der Waals surface area contributed by atoms with Gasteiger partial charge in [0.2, 0.25) is 0 Å². The first-order chi connectivity index (χ1) is 28.0. The Bertz CT molecular complexity index is 1730. The van der Waals surface area contributed by atoms with E-state index in [0.717, 1.165) is 66.6 Å². The van der Waals surface area contributed by atoms with Crippen molar-refractivity contribution in [3.05, 3.63) is 47.6 Å². The molecule has 0 aliphatic heterocycles. The molecule has 0 amide bonds. The summed E-state index contributed by atoms with van der Waals surface area (Å²) in [6.45, 7) is 36.9. The zero-order chi connectivity index (χ0) is 43.6. The summed E-state index contributed by atoms with van der Waals surface area (Å²) >= 11 is 0. The van der Waals surface area contributed by atoms with Gasteiger partial charge in [-0.15, -0.1) is 0 Å². The monoisotopic (exact) mass is 823 g/mol. The molecule has 338 valence electrons. The zero-order valence-electron chi connectivity index (χ0n) is 41.4. The first kappa shape index (κ1) is 45.4. The van der Waals surface area contributed by atoms with Crippen LogP contribution in [0, 0.1) is 103 Å². The van der Waals surface area contributed by atoms with Crippen molar-refractivity contribution in [2.75, 3.05) is 0 Å². The number of hydrogen-bond donors (Lipinski definition) is 2. The maximum Gasteiger partial charge on any atom is 0.0594 e. The molecule has 0 spiro atoms. The third kappa shape index (κ3) is 6.69. The molecule has 2 N–H and O–H groups in total. The van der Waals surface area contributed by atoms with Gasteiger partial charge in [0.1, 0.15) is 0 Å². The molecule has 0 radical (unpaired) electrons. The maximum absolute atomic E-state index is 10.9. The third-order valence-electron chi connectivity index (χ3n) is 23.5. The lowest BCUT2D eigenvalue weighted by Gasteiger charge is -2.73. The normalized spacial score (nSPS) is 51.2. The van der Waals surface area contributed by atoms with Gasteiger partial charge >= 0.3 is 0 Å². The van der Waals surface area contributed by atoms with Gasteiger partial charge in [0, 0.05) is 0 Å². The second-order valence-corrected chi connectivity index (χ2v) is 26.6. The summed E-state index contributed by atoms with van der Waals surface area (Å²) in [5.74, 6) is 8.36. The number of hydrogen-bond acceptors (Lipinski definition) is 2. The largest absolute Gasteiger partial charge is 0.393 e. The first-order valence-electron chi connectivity index (χ1n) is 26.1. The Labute approximate surface area is 370 Å². The zero-order valence-corrected chi connectivity index (χ0v) is 41.4. The van der Waals surface area contributed by atoms with E-state index in [1.165, 1.54) is 101 Å². The van der Waals surface area contributed by atoms with E-state index in [0.29, 0.717) is 50.2 Å². The molecular weight excluding hydrogens is 729 g/mol. The first-order valence-corrected chi connectivity index (χ1v) is 26.1. The molecule has 0 bridgehead atoms. The highest BCUT2D eigenvalue weighted by molar-refractivity contribution is 5.39. The molecule has 8 fully saturated rings. The predicted octanol–water partition coefficient (Wildman–Crippen LogP) is 15.4. The van der Waals surface area contributed by atoms with Gasteiger partial charge in [-0.25, -0.2) is 0 Å². The number of rotatable bonds is 5. The second-order valence-electron chi connectivity index (χ2n) is 26.6. The van der Waals surface area contributed by atoms with E-state index in [-0.39, 0.29) is 17.6 Å². The summed E-state index contributed by atoms with van der Waals surface area (Å²) in [7, 11) is 0. The summed E-state index contributed by atoms with van der Waals surface area (Å²) in [6, 6.07) is 0. The summed E-state index contributed by atoms with van der Waals surface area (Å²) in [4.78, 5) is 0. The highest BCUT2D eigenvalue weighted by atomic mass is 16.3. The molecule has 60 heavy (non-hydrogen) atoms. The summed E-state index contributed by atoms with van der Waals surface area (Å²) in [5, 5.41) is 21.1. The van der Waals surface area contributed by atoms with Gasteiger partial charge in [0.25, 0.3) is 0 Å². The molecule has 0 saturated heterocycles. The maximum atomic E-state index is 10.9. The minimum atomic E-state index is -0.118. The van der Waals surface area contributed by atoms with E-state index in [2.05, 4.69) is 121 Å². The van der Waals surface area contributed by atoms with Crippen molar-refractivity contribution in [1.82, 2.24) is 0 Å². The molecule has 9 aliphatic carbocycles. The highest BCUT2D eigenvalue weighted by Gasteiger charge is 2.70. The van der Waals surface area contributed by atoms with E-state index < -0.39 is 0 Å². The van der Waals surface area contributed by atoms with Gasteiger partial charge < -0.3 is 10.2 Å². The smallest absolute Gasteiger partial charge is 0.0594 e. The predicted molar refractivity (Wildman–Crippen MR) is 254 cm³/mol. The average molecular weight is 823 g/mol. The van der Waals surface area contributed by atoms with Crippen LogP contribution in [0.2, 0.25) is 0 Å². The van der Waals surface area contributed by atoms with Crippen LogP contribution in [-0.4, -0.2) is 22.4 Å². The van der Waals surface area contributed by atoms with E-state index in [9.17, 15) is 10.2 Å². The molecule has 18 atom stereocenters. The van der Waals surface area contributed by atoms with E-state index in [4.69, 9.17) is 0 Å². The van der Waals surface area contributed by atoms with Crippen molar-refractivity contribution >= 4 is 0 Å². The summed E-state index contributed by atoms with van der Waals surface area (Å²) in [6.07, 6.45) is 31.7. The van der Waals surface area contributed by atoms with Crippen LogP contribution >= 0.6 is 0 Å². The molecule has 2 heteroatoms. The topological polar surface area (TPSA) is 40.5 Å². The Balaban J connectivity index is 0.000000167. The second kappa shape index (κ2) is 15.5. The van der Waals surface area contributed by atoms with Crippen LogP contribution in [0.5, 0.6) is 0 Å². The van der Waals surface area contributed by atoms with Crippen molar-refractivity contribution in [3.63, 3.8) is 0 Å². The molecule has 0 aromatic rings. The van der Waals surface area contributed by atoms with E-state index in [1.54, 1.807) is 5.57 Å². The number of aliphatic hydroxyl groups is 2. The van der Waals surface area contributed by atoms with E-state index in [1.807, 2.05) is 0 Å². The minimum Gasteiger partial charge on any atom is -0.393 e. The molecule has 0 heterocycles. The van der Waals surface area contributed by atoms with Crippen LogP contribution in [0.1, 0.15) is 199 Å². The van der Waals surface area contributed by atoms with Gasteiger partial charge in [-0.1, -0.05) is 131 Å². The van der Waals surface area contributed by atoms with Crippen LogP contribution in [0.15, 0.2) is 47.6 Å². The number of fused-ring (bicyclic) bond motifs is 12. The Morgan fingerprint density at radius 2 is 1.38 bits per heavy atom. The van der Waals surface area contributed by atoms with Gasteiger partial charge in [-0.3, -0.25) is 0 Å². The fraction of sp³-hybridized carbons (Fsp3) is 0.862. The lowest BCUT2D eigenvalue weighted by atomic mass is 9.32. The Kier molecular flexibility index (Phi) is 11.7. The summed E-state index contributed by atoms with van der Waals surface area (Å²) in [5.41, 5.74) is 7.46. The van der Waals surface area contributed by atoms with E-state index >= 15 is 0 Å². The van der Waals surface area contributed by atoms with Gasteiger partial charge in [-0.2, -0.15) is 0 Å². The minimum absolute atomic E-state index is 0.0632. The number of aliphatic hydroxyl groups excluding tert-OH is 2. The molecule has 0 unspecified atom stereocenters. The molecule has 0 aromatic carbocycles.